The van der Waals surface area contributed by atoms with Gasteiger partial charge in [0.25, 0.3) is 0 Å². The van der Waals surface area contributed by atoms with Gasteiger partial charge in [-0.2, -0.15) is 0 Å². The van der Waals surface area contributed by atoms with Gasteiger partial charge < -0.3 is 4.74 Å². The van der Waals surface area contributed by atoms with E-state index >= 15 is 0 Å². The second-order valence-corrected chi connectivity index (χ2v) is 18.7. The lowest BCUT2D eigenvalue weighted by Crippen LogP contribution is -2.01. The van der Waals surface area contributed by atoms with E-state index in [1.165, 1.54) is 109 Å². The van der Waals surface area contributed by atoms with E-state index < -0.39 is 0 Å². The van der Waals surface area contributed by atoms with Crippen LogP contribution in [0.25, 0.3) is 0 Å². The van der Waals surface area contributed by atoms with Gasteiger partial charge in [-0.15, -0.1) is 0 Å². The number of esters is 1. The molecular formula is C23H44I2O2Si. The molecule has 0 aliphatic carbocycles. The third-order valence-corrected chi connectivity index (χ3v) is 10.3. The van der Waals surface area contributed by atoms with E-state index in [0.29, 0.717) is 6.61 Å². The summed E-state index contributed by atoms with van der Waals surface area (Å²) in [5, 5.41) is 0. The molecule has 0 aliphatic rings. The highest BCUT2D eigenvalue weighted by Gasteiger charge is 1.99. The van der Waals surface area contributed by atoms with Crippen LogP contribution in [-0.2, 0) is 9.53 Å². The molecule has 0 aromatic carbocycles. The van der Waals surface area contributed by atoms with Gasteiger partial charge in [0, 0.05) is 17.2 Å². The van der Waals surface area contributed by atoms with Gasteiger partial charge in [0.05, 0.1) is 6.61 Å². The van der Waals surface area contributed by atoms with Gasteiger partial charge >= 0.3 is 5.97 Å². The van der Waals surface area contributed by atoms with Gasteiger partial charge in [-0.25, -0.2) is 4.79 Å². The van der Waals surface area contributed by atoms with E-state index in [-0.39, 0.29) is 15.5 Å². The summed E-state index contributed by atoms with van der Waals surface area (Å²) in [6.45, 7) is 3.94. The highest BCUT2D eigenvalue weighted by Crippen LogP contribution is 2.15. The van der Waals surface area contributed by atoms with Crippen LogP contribution in [0, 0.1) is 0 Å². The third-order valence-electron chi connectivity index (χ3n) is 5.23. The normalized spacial score (nSPS) is 11.5. The zero-order valence-corrected chi connectivity index (χ0v) is 23.8. The fourth-order valence-electron chi connectivity index (χ4n) is 3.46. The van der Waals surface area contributed by atoms with Gasteiger partial charge in [0.2, 0.25) is 0 Å². The van der Waals surface area contributed by atoms with Crippen LogP contribution in [0.15, 0.2) is 12.7 Å². The minimum absolute atomic E-state index is 0.230. The number of rotatable bonds is 22. The molecule has 28 heavy (non-hydrogen) atoms. The second kappa shape index (κ2) is 24.2. The monoisotopic (exact) mass is 634 g/mol. The molecule has 0 N–H and O–H groups in total. The summed E-state index contributed by atoms with van der Waals surface area (Å²) >= 11 is 5.17. The molecule has 0 fully saturated rings. The summed E-state index contributed by atoms with van der Waals surface area (Å²) in [6.07, 6.45) is 24.8. The molecular weight excluding hydrogens is 590 g/mol. The Labute approximate surface area is 204 Å². The molecule has 0 saturated heterocycles. The lowest BCUT2D eigenvalue weighted by atomic mass is 10.0. The quantitative estimate of drug-likeness (QED) is 0.0301. The largest absolute Gasteiger partial charge is 0.463 e. The van der Waals surface area contributed by atoms with E-state index in [9.17, 15) is 4.79 Å². The van der Waals surface area contributed by atoms with Crippen LogP contribution in [0.5, 0.6) is 0 Å². The Balaban J connectivity index is 3.03. The molecule has 2 nitrogen and oxygen atoms in total. The van der Waals surface area contributed by atoms with Crippen molar-refractivity contribution in [2.45, 2.75) is 117 Å². The van der Waals surface area contributed by atoms with Crippen molar-refractivity contribution in [1.82, 2.24) is 0 Å². The van der Waals surface area contributed by atoms with E-state index in [1.807, 2.05) is 0 Å². The summed E-state index contributed by atoms with van der Waals surface area (Å²) in [5.74, 6) is -0.298. The van der Waals surface area contributed by atoms with Crippen molar-refractivity contribution in [3.63, 3.8) is 0 Å². The molecule has 166 valence electrons. The summed E-state index contributed by atoms with van der Waals surface area (Å²) in [6, 6.07) is 1.56. The highest BCUT2D eigenvalue weighted by atomic mass is 127. The molecule has 0 unspecified atom stereocenters. The zero-order chi connectivity index (χ0) is 20.7. The van der Waals surface area contributed by atoms with E-state index in [0.717, 1.165) is 7.98 Å². The van der Waals surface area contributed by atoms with Crippen LogP contribution >= 0.6 is 45.2 Å². The molecule has 0 bridgehead atoms. The number of alkyl halides is 2. The van der Waals surface area contributed by atoms with Crippen molar-refractivity contribution in [3.05, 3.63) is 12.7 Å². The predicted octanol–water partition coefficient (Wildman–Crippen LogP) is 8.09. The van der Waals surface area contributed by atoms with Gasteiger partial charge in [-0.1, -0.05) is 161 Å². The minimum atomic E-state index is -0.298. The number of ether oxygens (including phenoxy) is 1. The molecule has 0 amide bonds. The number of carbonyl (C=O) groups is 1. The van der Waals surface area contributed by atoms with Crippen molar-refractivity contribution in [2.75, 3.05) is 6.61 Å². The Morgan fingerprint density at radius 1 is 0.714 bits per heavy atom. The molecule has 0 atom stereocenters. The van der Waals surface area contributed by atoms with Crippen LogP contribution in [0.1, 0.15) is 109 Å². The van der Waals surface area contributed by atoms with E-state index in [2.05, 4.69) is 51.8 Å². The Morgan fingerprint density at radius 3 is 1.43 bits per heavy atom. The first-order valence-corrected chi connectivity index (χ1v) is 16.0. The van der Waals surface area contributed by atoms with Crippen molar-refractivity contribution >= 4 is 60.7 Å². The van der Waals surface area contributed by atoms with Crippen molar-refractivity contribution in [3.8, 4) is 0 Å². The van der Waals surface area contributed by atoms with Gasteiger partial charge in [-0.3, -0.25) is 0 Å². The maximum absolute atomic E-state index is 10.9. The molecule has 0 saturated carbocycles. The maximum Gasteiger partial charge on any atom is 0.330 e. The molecule has 0 aromatic rings. The molecule has 0 radical (unpaired) electrons. The van der Waals surface area contributed by atoms with E-state index in [4.69, 9.17) is 4.74 Å². The van der Waals surface area contributed by atoms with Crippen LogP contribution in [0.3, 0.4) is 0 Å². The minimum Gasteiger partial charge on any atom is -0.463 e. The summed E-state index contributed by atoms with van der Waals surface area (Å²) < 4.78 is 5.94. The molecule has 0 aromatic heterocycles. The molecule has 5 heteroatoms. The summed E-state index contributed by atoms with van der Waals surface area (Å²) in [4.78, 5) is 10.9. The first-order valence-electron chi connectivity index (χ1n) is 11.7. The smallest absolute Gasteiger partial charge is 0.330 e. The van der Waals surface area contributed by atoms with Crippen LogP contribution in [0.4, 0.5) is 0 Å². The van der Waals surface area contributed by atoms with Gasteiger partial charge in [0.15, 0.2) is 0 Å². The Hall–Kier alpha value is 0.887. The van der Waals surface area contributed by atoms with Crippen LogP contribution in [-0.4, -0.2) is 23.7 Å². The Bertz CT molecular complexity index is 351. The van der Waals surface area contributed by atoms with Crippen molar-refractivity contribution in [2.24, 2.45) is 0 Å². The SMILES string of the molecule is C=CC(=O)OCCCCCCCCCCCCCCCCCCC[SiH2]C(I)I. The zero-order valence-electron chi connectivity index (χ0n) is 18.1. The van der Waals surface area contributed by atoms with Gasteiger partial charge in [0.1, 0.15) is 0 Å². The van der Waals surface area contributed by atoms with Crippen molar-refractivity contribution in [1.29, 1.82) is 0 Å². The van der Waals surface area contributed by atoms with Crippen LogP contribution in [0.2, 0.25) is 6.04 Å². The Morgan fingerprint density at radius 2 is 1.07 bits per heavy atom. The second-order valence-electron chi connectivity index (χ2n) is 7.92. The van der Waals surface area contributed by atoms with Gasteiger partial charge in [-0.05, 0) is 6.42 Å². The lowest BCUT2D eigenvalue weighted by molar-refractivity contribution is -0.137. The highest BCUT2D eigenvalue weighted by molar-refractivity contribution is 14.2. The summed E-state index contributed by atoms with van der Waals surface area (Å²) in [5.41, 5.74) is 0. The number of hydrogen-bond acceptors (Lipinski definition) is 2. The standard InChI is InChI=1S/C23H44I2O2Si/c1-2-22(26)27-20-18-16-14-12-10-8-6-4-3-5-7-9-11-13-15-17-19-21-28-23(24)25/h2,23H,1,3-21,28H2. The first kappa shape index (κ1) is 28.9. The number of unbranched alkanes of at least 4 members (excludes halogenated alkanes) is 16. The maximum atomic E-state index is 10.9. The third kappa shape index (κ3) is 24.9. The topological polar surface area (TPSA) is 26.3 Å². The Kier molecular flexibility index (Phi) is 24.9. The van der Waals surface area contributed by atoms with Crippen LogP contribution < -0.4 is 0 Å². The predicted molar refractivity (Wildman–Crippen MR) is 145 cm³/mol. The molecule has 0 aliphatic heterocycles. The fourth-order valence-corrected chi connectivity index (χ4v) is 7.05. The average molecular weight is 634 g/mol. The molecule has 0 rings (SSSR count). The first-order chi connectivity index (χ1) is 13.7. The average Bonchev–Trinajstić information content (AvgIpc) is 2.68. The molecule has 0 spiro atoms. The van der Waals surface area contributed by atoms with Crippen molar-refractivity contribution < 1.29 is 9.53 Å². The number of carbonyl (C=O) groups excluding carboxylic acids is 1. The fraction of sp³-hybridized carbons (Fsp3) is 0.870. The van der Waals surface area contributed by atoms with E-state index in [1.54, 1.807) is 6.04 Å². The molecule has 0 heterocycles. The summed E-state index contributed by atoms with van der Waals surface area (Å²) in [7, 11) is 0.230. The number of halogens is 2. The number of hydrogen-bond donors (Lipinski definition) is 0. The lowest BCUT2D eigenvalue weighted by Gasteiger charge is -2.04.